The largest absolute Gasteiger partial charge is 0.324 e. The first-order chi connectivity index (χ1) is 9.45. The van der Waals surface area contributed by atoms with Crippen LogP contribution in [0.2, 0.25) is 0 Å². The molecule has 0 amide bonds. The lowest BCUT2D eigenvalue weighted by Crippen LogP contribution is -2.20. The fourth-order valence-electron chi connectivity index (χ4n) is 3.77. The third-order valence-corrected chi connectivity index (χ3v) is 5.05. The van der Waals surface area contributed by atoms with Gasteiger partial charge in [-0.2, -0.15) is 0 Å². The average molecular weight is 290 g/mol. The fourth-order valence-corrected chi connectivity index (χ4v) is 3.77. The van der Waals surface area contributed by atoms with Gasteiger partial charge in [0, 0.05) is 6.04 Å². The van der Waals surface area contributed by atoms with Crippen molar-refractivity contribution in [3.8, 4) is 0 Å². The highest BCUT2D eigenvalue weighted by Gasteiger charge is 2.22. The van der Waals surface area contributed by atoms with Gasteiger partial charge in [-0.15, -0.1) is 0 Å². The second-order valence-corrected chi connectivity index (χ2v) is 8.25. The maximum atomic E-state index is 6.60. The van der Waals surface area contributed by atoms with Gasteiger partial charge in [0.2, 0.25) is 0 Å². The Labute approximate surface area is 132 Å². The highest BCUT2D eigenvalue weighted by Crippen LogP contribution is 2.34. The molecule has 0 aromatic heterocycles. The Balaban J connectivity index is 3.06. The lowest BCUT2D eigenvalue weighted by molar-refractivity contribution is 0.286. The van der Waals surface area contributed by atoms with Gasteiger partial charge < -0.3 is 5.73 Å². The molecule has 0 bridgehead atoms. The second kappa shape index (κ2) is 6.52. The molecule has 0 radical (unpaired) electrons. The van der Waals surface area contributed by atoms with E-state index >= 15 is 0 Å². The Morgan fingerprint density at radius 1 is 0.810 bits per heavy atom. The summed E-state index contributed by atoms with van der Waals surface area (Å²) < 4.78 is 0. The quantitative estimate of drug-likeness (QED) is 0.757. The number of hydrogen-bond donors (Lipinski definition) is 1. The van der Waals surface area contributed by atoms with Crippen molar-refractivity contribution < 1.29 is 0 Å². The van der Waals surface area contributed by atoms with Crippen molar-refractivity contribution in [2.75, 3.05) is 0 Å². The summed E-state index contributed by atoms with van der Waals surface area (Å²) in [7, 11) is 0. The van der Waals surface area contributed by atoms with Crippen LogP contribution in [-0.4, -0.2) is 0 Å². The summed E-state index contributed by atoms with van der Waals surface area (Å²) in [6.07, 6.45) is 2.30. The molecule has 0 heterocycles. The zero-order valence-corrected chi connectivity index (χ0v) is 15.6. The van der Waals surface area contributed by atoms with Crippen LogP contribution in [0.3, 0.4) is 0 Å². The average Bonchev–Trinajstić information content (AvgIpc) is 2.31. The lowest BCUT2D eigenvalue weighted by atomic mass is 9.79. The molecule has 1 aromatic rings. The normalized spacial score (nSPS) is 15.1. The van der Waals surface area contributed by atoms with Crippen LogP contribution >= 0.6 is 0 Å². The molecule has 0 fully saturated rings. The Kier molecular flexibility index (Phi) is 5.66. The van der Waals surface area contributed by atoms with Gasteiger partial charge in [-0.1, -0.05) is 27.7 Å². The van der Waals surface area contributed by atoms with Gasteiger partial charge in [0.25, 0.3) is 0 Å². The minimum atomic E-state index is 0.153. The van der Waals surface area contributed by atoms with Gasteiger partial charge in [-0.25, -0.2) is 0 Å². The van der Waals surface area contributed by atoms with E-state index in [2.05, 4.69) is 62.3 Å². The van der Waals surface area contributed by atoms with E-state index in [4.69, 9.17) is 5.73 Å². The molecule has 0 spiro atoms. The molecule has 0 saturated heterocycles. The van der Waals surface area contributed by atoms with Crippen LogP contribution in [0.15, 0.2) is 0 Å². The van der Waals surface area contributed by atoms with Crippen LogP contribution in [0, 0.1) is 46.0 Å². The molecule has 0 aliphatic carbocycles. The summed E-state index contributed by atoms with van der Waals surface area (Å²) >= 11 is 0. The van der Waals surface area contributed by atoms with Crippen molar-refractivity contribution in [3.63, 3.8) is 0 Å². The van der Waals surface area contributed by atoms with Crippen molar-refractivity contribution in [2.24, 2.45) is 17.1 Å². The molecule has 1 heteroatoms. The zero-order chi connectivity index (χ0) is 16.5. The number of benzene rings is 1. The molecular formula is C20H35N. The molecule has 1 rings (SSSR count). The Morgan fingerprint density at radius 3 is 1.57 bits per heavy atom. The molecular weight excluding hydrogens is 254 g/mol. The van der Waals surface area contributed by atoms with Crippen molar-refractivity contribution in [3.05, 3.63) is 33.4 Å². The van der Waals surface area contributed by atoms with Gasteiger partial charge in [0.05, 0.1) is 0 Å². The molecule has 120 valence electrons. The first kappa shape index (κ1) is 18.2. The number of rotatable bonds is 4. The Morgan fingerprint density at radius 2 is 1.19 bits per heavy atom. The molecule has 0 aliphatic rings. The van der Waals surface area contributed by atoms with Gasteiger partial charge in [-0.3, -0.25) is 0 Å². The third kappa shape index (κ3) is 4.32. The SMILES string of the molecule is Cc1c(C)c(C)c(C(N)CC(C)CC(C)(C)C)c(C)c1C. The van der Waals surface area contributed by atoms with E-state index in [1.54, 1.807) is 0 Å². The lowest BCUT2D eigenvalue weighted by Gasteiger charge is -2.28. The van der Waals surface area contributed by atoms with Crippen LogP contribution < -0.4 is 5.73 Å². The van der Waals surface area contributed by atoms with Crippen molar-refractivity contribution in [1.82, 2.24) is 0 Å². The Bertz CT molecular complexity index is 477. The molecule has 0 aliphatic heterocycles. The third-order valence-electron chi connectivity index (χ3n) is 5.05. The monoisotopic (exact) mass is 289 g/mol. The predicted molar refractivity (Wildman–Crippen MR) is 94.9 cm³/mol. The molecule has 0 saturated carbocycles. The maximum Gasteiger partial charge on any atom is 0.0302 e. The van der Waals surface area contributed by atoms with E-state index in [1.807, 2.05) is 0 Å². The van der Waals surface area contributed by atoms with Gasteiger partial charge >= 0.3 is 0 Å². The fraction of sp³-hybridized carbons (Fsp3) is 0.700. The predicted octanol–water partition coefficient (Wildman–Crippen LogP) is 5.69. The van der Waals surface area contributed by atoms with Gasteiger partial charge in [-0.05, 0) is 92.2 Å². The number of hydrogen-bond acceptors (Lipinski definition) is 1. The summed E-state index contributed by atoms with van der Waals surface area (Å²) in [6.45, 7) is 20.4. The van der Waals surface area contributed by atoms with E-state index in [9.17, 15) is 0 Å². The van der Waals surface area contributed by atoms with Crippen LogP contribution in [0.5, 0.6) is 0 Å². The summed E-state index contributed by atoms with van der Waals surface area (Å²) in [5, 5.41) is 0. The first-order valence-corrected chi connectivity index (χ1v) is 8.28. The molecule has 2 atom stereocenters. The van der Waals surface area contributed by atoms with Crippen molar-refractivity contribution in [1.29, 1.82) is 0 Å². The van der Waals surface area contributed by atoms with Crippen LogP contribution in [-0.2, 0) is 0 Å². The van der Waals surface area contributed by atoms with Crippen LogP contribution in [0.25, 0.3) is 0 Å². The van der Waals surface area contributed by atoms with Crippen molar-refractivity contribution in [2.45, 2.75) is 81.2 Å². The second-order valence-electron chi connectivity index (χ2n) is 8.25. The van der Waals surface area contributed by atoms with Gasteiger partial charge in [0.1, 0.15) is 0 Å². The summed E-state index contributed by atoms with van der Waals surface area (Å²) in [6, 6.07) is 0.153. The van der Waals surface area contributed by atoms with Gasteiger partial charge in [0.15, 0.2) is 0 Å². The smallest absolute Gasteiger partial charge is 0.0302 e. The highest BCUT2D eigenvalue weighted by molar-refractivity contribution is 5.50. The summed E-state index contributed by atoms with van der Waals surface area (Å²) in [4.78, 5) is 0. The minimum absolute atomic E-state index is 0.153. The van der Waals surface area contributed by atoms with Crippen LogP contribution in [0.1, 0.15) is 80.0 Å². The minimum Gasteiger partial charge on any atom is -0.324 e. The van der Waals surface area contributed by atoms with E-state index in [0.717, 1.165) is 6.42 Å². The maximum absolute atomic E-state index is 6.60. The van der Waals surface area contributed by atoms with Crippen molar-refractivity contribution >= 4 is 0 Å². The van der Waals surface area contributed by atoms with E-state index in [0.29, 0.717) is 11.3 Å². The zero-order valence-electron chi connectivity index (χ0n) is 15.6. The standard InChI is InChI=1S/C20H35N/c1-12(11-20(7,8)9)10-18(21)19-16(5)14(3)13(2)15(4)17(19)6/h12,18H,10-11,21H2,1-9H3. The summed E-state index contributed by atoms with van der Waals surface area (Å²) in [5.74, 6) is 0.653. The molecule has 2 N–H and O–H groups in total. The van der Waals surface area contributed by atoms with E-state index in [-0.39, 0.29) is 6.04 Å². The molecule has 21 heavy (non-hydrogen) atoms. The van der Waals surface area contributed by atoms with E-state index in [1.165, 1.54) is 39.8 Å². The van der Waals surface area contributed by atoms with E-state index < -0.39 is 0 Å². The topological polar surface area (TPSA) is 26.0 Å². The first-order valence-electron chi connectivity index (χ1n) is 8.28. The summed E-state index contributed by atoms with van der Waals surface area (Å²) in [5.41, 5.74) is 15.4. The molecule has 1 nitrogen and oxygen atoms in total. The molecule has 2 unspecified atom stereocenters. The van der Waals surface area contributed by atoms with Crippen LogP contribution in [0.4, 0.5) is 0 Å². The molecule has 1 aromatic carbocycles. The Hall–Kier alpha value is -0.820. The highest BCUT2D eigenvalue weighted by atomic mass is 14.6. The number of nitrogens with two attached hydrogens (primary N) is 1.